The molecule has 1 fully saturated rings. The molecule has 0 saturated carbocycles. The molecule has 0 N–H and O–H groups in total. The number of nitrogens with zero attached hydrogens (tertiary/aromatic N) is 1. The predicted molar refractivity (Wildman–Crippen MR) is 87.9 cm³/mol. The molecule has 1 saturated heterocycles. The molecule has 1 heterocycles. The number of methoxy groups -OCH3 is 1. The highest BCUT2D eigenvalue weighted by Crippen LogP contribution is 2.18. The maximum Gasteiger partial charge on any atom is 0.331 e. The van der Waals surface area contributed by atoms with Crippen LogP contribution in [0.4, 0.5) is 0 Å². The van der Waals surface area contributed by atoms with Crippen molar-refractivity contribution in [3.05, 3.63) is 35.9 Å². The molecule has 0 spiro atoms. The van der Waals surface area contributed by atoms with Gasteiger partial charge in [0.15, 0.2) is 0 Å². The molecule has 0 radical (unpaired) electrons. The van der Waals surface area contributed by atoms with Crippen LogP contribution >= 0.6 is 0 Å². The minimum absolute atomic E-state index is 0.0899. The molecule has 0 amide bonds. The van der Waals surface area contributed by atoms with Crippen LogP contribution in [0.25, 0.3) is 6.08 Å². The molecule has 1 aliphatic rings. The molecule has 4 nitrogen and oxygen atoms in total. The Bertz CT molecular complexity index is 507. The molecule has 1 aromatic carbocycles. The maximum atomic E-state index is 11.9. The van der Waals surface area contributed by atoms with Gasteiger partial charge in [-0.2, -0.15) is 0 Å². The van der Waals surface area contributed by atoms with Gasteiger partial charge in [0, 0.05) is 18.2 Å². The number of ether oxygens (including phenoxy) is 2. The van der Waals surface area contributed by atoms with Gasteiger partial charge in [-0.3, -0.25) is 4.90 Å². The fourth-order valence-corrected chi connectivity index (χ4v) is 2.74. The van der Waals surface area contributed by atoms with E-state index in [1.165, 1.54) is 25.3 Å². The van der Waals surface area contributed by atoms with Gasteiger partial charge in [0.1, 0.15) is 11.9 Å². The van der Waals surface area contributed by atoms with E-state index < -0.39 is 0 Å². The standard InChI is InChI=1S/C18H25NO3/c1-15(14-19-12-6-3-7-13-19)22-18(20)11-10-16-8-4-5-9-17(16)21-2/h4-5,8-11,15H,3,6-7,12-14H2,1-2H3/b11-10+. The summed E-state index contributed by atoms with van der Waals surface area (Å²) < 4.78 is 10.7. The van der Waals surface area contributed by atoms with E-state index in [2.05, 4.69) is 4.90 Å². The van der Waals surface area contributed by atoms with Crippen LogP contribution in [-0.2, 0) is 9.53 Å². The molecule has 4 heteroatoms. The van der Waals surface area contributed by atoms with Gasteiger partial charge >= 0.3 is 5.97 Å². The van der Waals surface area contributed by atoms with E-state index in [-0.39, 0.29) is 12.1 Å². The zero-order chi connectivity index (χ0) is 15.8. The van der Waals surface area contributed by atoms with E-state index in [4.69, 9.17) is 9.47 Å². The monoisotopic (exact) mass is 303 g/mol. The van der Waals surface area contributed by atoms with Gasteiger partial charge in [0.2, 0.25) is 0 Å². The van der Waals surface area contributed by atoms with Crippen LogP contribution in [0.5, 0.6) is 5.75 Å². The molecule has 22 heavy (non-hydrogen) atoms. The maximum absolute atomic E-state index is 11.9. The average molecular weight is 303 g/mol. The van der Waals surface area contributed by atoms with Crippen LogP contribution in [0.1, 0.15) is 31.7 Å². The molecule has 2 rings (SSSR count). The lowest BCUT2D eigenvalue weighted by atomic mass is 10.1. The Labute approximate surface area is 132 Å². The fourth-order valence-electron chi connectivity index (χ4n) is 2.74. The van der Waals surface area contributed by atoms with Crippen molar-refractivity contribution in [2.45, 2.75) is 32.3 Å². The molecule has 1 unspecified atom stereocenters. The third kappa shape index (κ3) is 5.19. The van der Waals surface area contributed by atoms with Crippen LogP contribution < -0.4 is 4.74 Å². The fraction of sp³-hybridized carbons (Fsp3) is 0.500. The molecule has 1 atom stereocenters. The van der Waals surface area contributed by atoms with Crippen molar-refractivity contribution in [2.24, 2.45) is 0 Å². The number of esters is 1. The highest BCUT2D eigenvalue weighted by Gasteiger charge is 2.15. The van der Waals surface area contributed by atoms with Crippen LogP contribution in [-0.4, -0.2) is 43.7 Å². The Morgan fingerprint density at radius 2 is 2.00 bits per heavy atom. The quantitative estimate of drug-likeness (QED) is 0.598. The zero-order valence-electron chi connectivity index (χ0n) is 13.5. The van der Waals surface area contributed by atoms with Gasteiger partial charge in [-0.1, -0.05) is 24.6 Å². The second-order valence-electron chi connectivity index (χ2n) is 5.68. The third-order valence-electron chi connectivity index (χ3n) is 3.82. The van der Waals surface area contributed by atoms with Crippen molar-refractivity contribution in [1.29, 1.82) is 0 Å². The summed E-state index contributed by atoms with van der Waals surface area (Å²) >= 11 is 0. The van der Waals surface area contributed by atoms with Crippen LogP contribution in [0, 0.1) is 0 Å². The zero-order valence-corrected chi connectivity index (χ0v) is 13.5. The first kappa shape index (κ1) is 16.6. The minimum atomic E-state index is -0.310. The van der Waals surface area contributed by atoms with E-state index in [1.54, 1.807) is 13.2 Å². The Hall–Kier alpha value is -1.81. The Morgan fingerprint density at radius 3 is 2.73 bits per heavy atom. The normalized spacial score (nSPS) is 17.4. The first-order chi connectivity index (χ1) is 10.7. The number of para-hydroxylation sites is 1. The van der Waals surface area contributed by atoms with Crippen molar-refractivity contribution >= 4 is 12.0 Å². The number of rotatable bonds is 6. The minimum Gasteiger partial charge on any atom is -0.496 e. The Balaban J connectivity index is 1.82. The smallest absolute Gasteiger partial charge is 0.331 e. The predicted octanol–water partition coefficient (Wildman–Crippen LogP) is 3.13. The number of piperidine rings is 1. The Morgan fingerprint density at radius 1 is 1.27 bits per heavy atom. The molecule has 1 aromatic rings. The van der Waals surface area contributed by atoms with Gasteiger partial charge in [-0.05, 0) is 45.0 Å². The van der Waals surface area contributed by atoms with Gasteiger partial charge in [0.05, 0.1) is 7.11 Å². The van der Waals surface area contributed by atoms with Crippen molar-refractivity contribution < 1.29 is 14.3 Å². The van der Waals surface area contributed by atoms with Gasteiger partial charge in [0.25, 0.3) is 0 Å². The van der Waals surface area contributed by atoms with Crippen molar-refractivity contribution in [2.75, 3.05) is 26.7 Å². The van der Waals surface area contributed by atoms with Gasteiger partial charge in [-0.25, -0.2) is 4.79 Å². The number of likely N-dealkylation sites (tertiary alicyclic amines) is 1. The van der Waals surface area contributed by atoms with Crippen LogP contribution in [0.15, 0.2) is 30.3 Å². The summed E-state index contributed by atoms with van der Waals surface area (Å²) in [5.41, 5.74) is 0.866. The second kappa shape index (κ2) is 8.59. The highest BCUT2D eigenvalue weighted by molar-refractivity contribution is 5.87. The molecular weight excluding hydrogens is 278 g/mol. The lowest BCUT2D eigenvalue weighted by molar-refractivity contribution is -0.143. The number of hydrogen-bond donors (Lipinski definition) is 0. The van der Waals surface area contributed by atoms with E-state index in [1.807, 2.05) is 31.2 Å². The molecule has 120 valence electrons. The highest BCUT2D eigenvalue weighted by atomic mass is 16.5. The number of carbonyl (C=O) groups excluding carboxylic acids is 1. The lowest BCUT2D eigenvalue weighted by Crippen LogP contribution is -2.36. The molecule has 0 bridgehead atoms. The summed E-state index contributed by atoms with van der Waals surface area (Å²) in [6.07, 6.45) is 6.90. The van der Waals surface area contributed by atoms with Gasteiger partial charge in [-0.15, -0.1) is 0 Å². The van der Waals surface area contributed by atoms with E-state index >= 15 is 0 Å². The lowest BCUT2D eigenvalue weighted by Gasteiger charge is -2.28. The largest absolute Gasteiger partial charge is 0.496 e. The summed E-state index contributed by atoms with van der Waals surface area (Å²) in [4.78, 5) is 14.3. The molecule has 0 aliphatic carbocycles. The van der Waals surface area contributed by atoms with E-state index in [9.17, 15) is 4.79 Å². The van der Waals surface area contributed by atoms with Gasteiger partial charge < -0.3 is 9.47 Å². The Kier molecular flexibility index (Phi) is 6.46. The summed E-state index contributed by atoms with van der Waals surface area (Å²) in [6.45, 7) is 4.98. The van der Waals surface area contributed by atoms with Crippen LogP contribution in [0.3, 0.4) is 0 Å². The second-order valence-corrected chi connectivity index (χ2v) is 5.68. The SMILES string of the molecule is COc1ccccc1/C=C/C(=O)OC(C)CN1CCCCC1. The third-order valence-corrected chi connectivity index (χ3v) is 3.82. The van der Waals surface area contributed by atoms with Crippen molar-refractivity contribution in [3.63, 3.8) is 0 Å². The summed E-state index contributed by atoms with van der Waals surface area (Å²) in [6, 6.07) is 7.57. The van der Waals surface area contributed by atoms with E-state index in [0.29, 0.717) is 0 Å². The van der Waals surface area contributed by atoms with E-state index in [0.717, 1.165) is 30.9 Å². The molecule has 1 aliphatic heterocycles. The first-order valence-electron chi connectivity index (χ1n) is 7.93. The number of benzene rings is 1. The molecule has 0 aromatic heterocycles. The number of carbonyl (C=O) groups is 1. The summed E-state index contributed by atoms with van der Waals surface area (Å²) in [5, 5.41) is 0. The van der Waals surface area contributed by atoms with Crippen LogP contribution in [0.2, 0.25) is 0 Å². The summed E-state index contributed by atoms with van der Waals surface area (Å²) in [5.74, 6) is 0.434. The van der Waals surface area contributed by atoms with Crippen molar-refractivity contribution in [1.82, 2.24) is 4.90 Å². The first-order valence-corrected chi connectivity index (χ1v) is 7.93. The van der Waals surface area contributed by atoms with Crippen molar-refractivity contribution in [3.8, 4) is 5.75 Å². The average Bonchev–Trinajstić information content (AvgIpc) is 2.54. The molecular formula is C18H25NO3. The summed E-state index contributed by atoms with van der Waals surface area (Å²) in [7, 11) is 1.62. The topological polar surface area (TPSA) is 38.8 Å². The number of hydrogen-bond acceptors (Lipinski definition) is 4.